The number of carbonyl (C=O) groups excluding carboxylic acids is 3. The van der Waals surface area contributed by atoms with E-state index in [1.165, 1.54) is 0 Å². The number of H-pyrrole nitrogens is 1. The van der Waals surface area contributed by atoms with E-state index in [9.17, 15) is 14.4 Å². The zero-order chi connectivity index (χ0) is 21.7. The van der Waals surface area contributed by atoms with Gasteiger partial charge in [0.25, 0.3) is 5.91 Å². The van der Waals surface area contributed by atoms with Crippen molar-refractivity contribution in [1.82, 2.24) is 20.1 Å². The minimum atomic E-state index is -0.537. The van der Waals surface area contributed by atoms with Crippen LogP contribution < -0.4 is 5.32 Å². The lowest BCUT2D eigenvalue weighted by atomic mass is 10.0. The van der Waals surface area contributed by atoms with Crippen LogP contribution in [0.25, 0.3) is 0 Å². The Kier molecular flexibility index (Phi) is 7.18. The molecule has 0 radical (unpaired) electrons. The fourth-order valence-electron chi connectivity index (χ4n) is 4.06. The maximum Gasteiger partial charge on any atom is 0.407 e. The van der Waals surface area contributed by atoms with E-state index in [0.717, 1.165) is 51.7 Å². The Balaban J connectivity index is 1.55. The van der Waals surface area contributed by atoms with Crippen LogP contribution >= 0.6 is 0 Å². The number of nitrogens with one attached hydrogen (secondary N) is 2. The molecule has 3 heterocycles. The van der Waals surface area contributed by atoms with Crippen LogP contribution in [0.1, 0.15) is 73.7 Å². The molecule has 1 aromatic heterocycles. The number of hydrogen-bond acceptors (Lipinski definition) is 5. The summed E-state index contributed by atoms with van der Waals surface area (Å²) in [6.07, 6.45) is 6.29. The number of aromatic amines is 1. The van der Waals surface area contributed by atoms with Gasteiger partial charge in [-0.25, -0.2) is 4.79 Å². The summed E-state index contributed by atoms with van der Waals surface area (Å²) in [6.45, 7) is 8.59. The van der Waals surface area contributed by atoms with Crippen LogP contribution in [-0.2, 0) is 4.74 Å². The van der Waals surface area contributed by atoms with Gasteiger partial charge in [-0.05, 0) is 59.1 Å². The summed E-state index contributed by atoms with van der Waals surface area (Å²) < 4.78 is 5.31. The van der Waals surface area contributed by atoms with Crippen molar-refractivity contribution >= 4 is 17.8 Å². The van der Waals surface area contributed by atoms with Crippen LogP contribution in [0.15, 0.2) is 12.3 Å². The van der Waals surface area contributed by atoms with Crippen molar-refractivity contribution in [3.8, 4) is 0 Å². The molecular formula is C22H34N4O4. The molecule has 1 unspecified atom stereocenters. The molecule has 2 amide bonds. The molecule has 3 rings (SSSR count). The molecule has 1 aromatic rings. The van der Waals surface area contributed by atoms with Gasteiger partial charge in [0.1, 0.15) is 11.3 Å². The molecule has 0 aromatic carbocycles. The normalized spacial score (nSPS) is 20.2. The molecular weight excluding hydrogens is 384 g/mol. The van der Waals surface area contributed by atoms with E-state index < -0.39 is 11.7 Å². The molecule has 2 aliphatic rings. The number of ketones is 1. The Bertz CT molecular complexity index is 761. The van der Waals surface area contributed by atoms with E-state index >= 15 is 0 Å². The number of Topliss-reactive ketones (excluding diaryl/α,β-unsaturated/α-hetero) is 1. The maximum atomic E-state index is 12.8. The molecule has 0 aliphatic carbocycles. The summed E-state index contributed by atoms with van der Waals surface area (Å²) in [5.74, 6) is -0.0557. The van der Waals surface area contributed by atoms with E-state index in [4.69, 9.17) is 4.74 Å². The first-order chi connectivity index (χ1) is 14.2. The lowest BCUT2D eigenvalue weighted by molar-refractivity contribution is 0.0494. The minimum Gasteiger partial charge on any atom is -0.444 e. The summed E-state index contributed by atoms with van der Waals surface area (Å²) >= 11 is 0. The topological polar surface area (TPSA) is 94.7 Å². The van der Waals surface area contributed by atoms with Crippen molar-refractivity contribution in [2.75, 3.05) is 32.7 Å². The van der Waals surface area contributed by atoms with E-state index in [1.54, 1.807) is 12.3 Å². The fourth-order valence-corrected chi connectivity index (χ4v) is 4.06. The average molecular weight is 419 g/mol. The smallest absolute Gasteiger partial charge is 0.407 e. The van der Waals surface area contributed by atoms with Crippen LogP contribution in [0, 0.1) is 0 Å². The van der Waals surface area contributed by atoms with Crippen molar-refractivity contribution in [2.45, 2.75) is 64.5 Å². The van der Waals surface area contributed by atoms with Crippen LogP contribution in [-0.4, -0.2) is 76.9 Å². The van der Waals surface area contributed by atoms with Crippen LogP contribution in [0.3, 0.4) is 0 Å². The number of rotatable bonds is 6. The maximum absolute atomic E-state index is 12.8. The third-order valence-corrected chi connectivity index (χ3v) is 5.61. The van der Waals surface area contributed by atoms with Gasteiger partial charge in [0.15, 0.2) is 5.78 Å². The van der Waals surface area contributed by atoms with Crippen molar-refractivity contribution in [3.05, 3.63) is 23.5 Å². The number of carbonyl (C=O) groups is 3. The molecule has 2 aliphatic heterocycles. The summed E-state index contributed by atoms with van der Waals surface area (Å²) in [5.41, 5.74) is 0.467. The molecule has 166 valence electrons. The van der Waals surface area contributed by atoms with Gasteiger partial charge in [0.2, 0.25) is 0 Å². The van der Waals surface area contributed by atoms with Crippen molar-refractivity contribution < 1.29 is 19.1 Å². The molecule has 2 saturated heterocycles. The van der Waals surface area contributed by atoms with Gasteiger partial charge in [-0.3, -0.25) is 14.5 Å². The average Bonchev–Trinajstić information content (AvgIpc) is 3.37. The lowest BCUT2D eigenvalue weighted by Gasteiger charge is -2.35. The fraction of sp³-hybridized carbons (Fsp3) is 0.682. The first-order valence-electron chi connectivity index (χ1n) is 10.9. The quantitative estimate of drug-likeness (QED) is 0.693. The number of amides is 2. The third-order valence-electron chi connectivity index (χ3n) is 5.61. The first-order valence-corrected chi connectivity index (χ1v) is 10.9. The van der Waals surface area contributed by atoms with Gasteiger partial charge in [0, 0.05) is 37.4 Å². The Morgan fingerprint density at radius 2 is 1.83 bits per heavy atom. The zero-order valence-electron chi connectivity index (χ0n) is 18.3. The molecule has 0 bridgehead atoms. The van der Waals surface area contributed by atoms with Gasteiger partial charge in [-0.2, -0.15) is 0 Å². The lowest BCUT2D eigenvalue weighted by Crippen LogP contribution is -2.49. The minimum absolute atomic E-state index is 0.0177. The molecule has 1 atom stereocenters. The summed E-state index contributed by atoms with van der Waals surface area (Å²) in [4.78, 5) is 44.2. The van der Waals surface area contributed by atoms with Crippen molar-refractivity contribution in [3.63, 3.8) is 0 Å². The third kappa shape index (κ3) is 6.08. The second-order valence-electron chi connectivity index (χ2n) is 9.23. The highest BCUT2D eigenvalue weighted by Gasteiger charge is 2.27. The van der Waals surface area contributed by atoms with Crippen molar-refractivity contribution in [1.29, 1.82) is 0 Å². The molecule has 2 N–H and O–H groups in total. The number of aromatic nitrogens is 1. The highest BCUT2D eigenvalue weighted by molar-refractivity contribution is 6.01. The Morgan fingerprint density at radius 3 is 2.53 bits per heavy atom. The van der Waals surface area contributed by atoms with Gasteiger partial charge < -0.3 is 19.9 Å². The number of ether oxygens (including phenoxy) is 1. The van der Waals surface area contributed by atoms with Gasteiger partial charge >= 0.3 is 6.09 Å². The molecule has 0 spiro atoms. The molecule has 0 saturated carbocycles. The molecule has 2 fully saturated rings. The van der Waals surface area contributed by atoms with E-state index in [0.29, 0.717) is 17.8 Å². The Morgan fingerprint density at radius 1 is 1.13 bits per heavy atom. The van der Waals surface area contributed by atoms with E-state index in [1.807, 2.05) is 25.7 Å². The summed E-state index contributed by atoms with van der Waals surface area (Å²) in [7, 11) is 0. The largest absolute Gasteiger partial charge is 0.444 e. The monoisotopic (exact) mass is 418 g/mol. The van der Waals surface area contributed by atoms with E-state index in [2.05, 4.69) is 15.2 Å². The molecule has 8 heteroatoms. The highest BCUT2D eigenvalue weighted by Crippen LogP contribution is 2.19. The Labute approximate surface area is 178 Å². The van der Waals surface area contributed by atoms with Crippen LogP contribution in [0.5, 0.6) is 0 Å². The second kappa shape index (κ2) is 9.64. The van der Waals surface area contributed by atoms with Gasteiger partial charge in [0.05, 0.1) is 6.54 Å². The molecule has 30 heavy (non-hydrogen) atoms. The van der Waals surface area contributed by atoms with E-state index in [-0.39, 0.29) is 24.3 Å². The Hall–Kier alpha value is -2.35. The number of piperidine rings is 1. The second-order valence-corrected chi connectivity index (χ2v) is 9.23. The predicted molar refractivity (Wildman–Crippen MR) is 114 cm³/mol. The standard InChI is InChI=1S/C22H34N4O4/c1-22(2,3)30-21(29)24-14-17-8-4-5-11-26(17)15-19(27)16-12-18(23-13-16)20(28)25-9-6-7-10-25/h12-13,17,23H,4-11,14-15H2,1-3H3,(H,24,29). The van der Waals surface area contributed by atoms with Crippen molar-refractivity contribution in [2.24, 2.45) is 0 Å². The number of alkyl carbamates (subject to hydrolysis) is 1. The molecule has 8 nitrogen and oxygen atoms in total. The first kappa shape index (κ1) is 22.3. The van der Waals surface area contributed by atoms with Gasteiger partial charge in [-0.1, -0.05) is 6.42 Å². The predicted octanol–water partition coefficient (Wildman–Crippen LogP) is 2.81. The number of likely N-dealkylation sites (tertiary alicyclic amines) is 2. The summed E-state index contributed by atoms with van der Waals surface area (Å²) in [5, 5.41) is 2.83. The highest BCUT2D eigenvalue weighted by atomic mass is 16.6. The van der Waals surface area contributed by atoms with Crippen LogP contribution in [0.4, 0.5) is 4.79 Å². The SMILES string of the molecule is CC(C)(C)OC(=O)NCC1CCCCN1CC(=O)c1c[nH]c(C(=O)N2CCCC2)c1. The number of hydrogen-bond donors (Lipinski definition) is 2. The van der Waals surface area contributed by atoms with Crippen LogP contribution in [0.2, 0.25) is 0 Å². The number of nitrogens with zero attached hydrogens (tertiary/aromatic N) is 2. The zero-order valence-corrected chi connectivity index (χ0v) is 18.3. The van der Waals surface area contributed by atoms with Gasteiger partial charge in [-0.15, -0.1) is 0 Å². The summed E-state index contributed by atoms with van der Waals surface area (Å²) in [6, 6.07) is 1.76.